The lowest BCUT2D eigenvalue weighted by Crippen LogP contribution is -2.51. The molecule has 0 saturated heterocycles. The minimum absolute atomic E-state index is 0.0571. The van der Waals surface area contributed by atoms with Gasteiger partial charge in [0.15, 0.2) is 0 Å². The van der Waals surface area contributed by atoms with E-state index in [1.165, 1.54) is 0 Å². The van der Waals surface area contributed by atoms with Gasteiger partial charge in [-0.15, -0.1) is 0 Å². The maximum Gasteiger partial charge on any atom is 0.408 e. The normalized spacial score (nSPS) is 12.8. The van der Waals surface area contributed by atoms with E-state index in [0.29, 0.717) is 17.7 Å². The summed E-state index contributed by atoms with van der Waals surface area (Å²) in [7, 11) is 0. The monoisotopic (exact) mass is 519 g/mol. The van der Waals surface area contributed by atoms with Crippen LogP contribution in [0.1, 0.15) is 74.9 Å². The number of hydrogen-bond acceptors (Lipinski definition) is 4. The van der Waals surface area contributed by atoms with Crippen LogP contribution in [0.5, 0.6) is 0 Å². The molecule has 0 bridgehead atoms. The van der Waals surface area contributed by atoms with Crippen LogP contribution in [0.3, 0.4) is 0 Å². The topological polar surface area (TPSA) is 87.7 Å². The number of carbonyl (C=O) groups is 3. The van der Waals surface area contributed by atoms with Gasteiger partial charge in [-0.3, -0.25) is 14.5 Å². The molecule has 0 aliphatic carbocycles. The number of alkyl carbamates (subject to hydrolysis) is 1. The number of terminal acetylenes is 1. The summed E-state index contributed by atoms with van der Waals surface area (Å²) < 4.78 is 5.39. The van der Waals surface area contributed by atoms with Crippen molar-refractivity contribution in [3.8, 4) is 12.5 Å². The number of carbonyl (C=O) groups excluding carboxylic acids is 3. The predicted octanol–water partition coefficient (Wildman–Crippen LogP) is 5.96. The van der Waals surface area contributed by atoms with E-state index >= 15 is 0 Å². The number of aryl methyl sites for hydroxylation is 4. The van der Waals surface area contributed by atoms with E-state index in [2.05, 4.69) is 16.7 Å². The molecule has 0 aliphatic heterocycles. The highest BCUT2D eigenvalue weighted by Gasteiger charge is 2.36. The van der Waals surface area contributed by atoms with Crippen LogP contribution in [0.2, 0.25) is 0 Å². The summed E-state index contributed by atoms with van der Waals surface area (Å²) >= 11 is 0. The zero-order valence-electron chi connectivity index (χ0n) is 24.1. The fourth-order valence-corrected chi connectivity index (χ4v) is 4.36. The van der Waals surface area contributed by atoms with E-state index in [9.17, 15) is 14.4 Å². The second-order valence-electron chi connectivity index (χ2n) is 11.2. The molecule has 0 saturated carbocycles. The first-order valence-corrected chi connectivity index (χ1v) is 12.9. The number of nitrogens with zero attached hydrogens (tertiary/aromatic N) is 1. The first-order chi connectivity index (χ1) is 17.6. The van der Waals surface area contributed by atoms with Crippen molar-refractivity contribution in [1.29, 1.82) is 0 Å². The Kier molecular flexibility index (Phi) is 10.1. The van der Waals surface area contributed by atoms with Gasteiger partial charge in [-0.25, -0.2) is 4.79 Å². The molecule has 204 valence electrons. The van der Waals surface area contributed by atoms with Crippen molar-refractivity contribution in [1.82, 2.24) is 10.2 Å². The lowest BCUT2D eigenvalue weighted by molar-refractivity contribution is -0.137. The minimum atomic E-state index is -1.12. The summed E-state index contributed by atoms with van der Waals surface area (Å²) in [5.74, 6) is -0.950. The molecule has 2 N–H and O–H groups in total. The number of amides is 3. The minimum Gasteiger partial charge on any atom is -0.444 e. The molecule has 2 rings (SSSR count). The predicted molar refractivity (Wildman–Crippen MR) is 151 cm³/mol. The quantitative estimate of drug-likeness (QED) is 0.333. The third-order valence-electron chi connectivity index (χ3n) is 5.87. The van der Waals surface area contributed by atoms with E-state index in [4.69, 9.17) is 11.2 Å². The van der Waals surface area contributed by atoms with Crippen LogP contribution in [-0.2, 0) is 14.3 Å². The Hall–Kier alpha value is -3.79. The maximum absolute atomic E-state index is 13.9. The molecule has 2 aromatic rings. The largest absolute Gasteiger partial charge is 0.444 e. The van der Waals surface area contributed by atoms with Gasteiger partial charge in [-0.2, -0.15) is 0 Å². The Labute approximate surface area is 227 Å². The Morgan fingerprint density at radius 3 is 2.03 bits per heavy atom. The van der Waals surface area contributed by atoms with Crippen molar-refractivity contribution >= 4 is 23.6 Å². The number of rotatable bonds is 8. The van der Waals surface area contributed by atoms with Crippen LogP contribution in [0.25, 0.3) is 0 Å². The average Bonchev–Trinajstić information content (AvgIpc) is 2.76. The van der Waals surface area contributed by atoms with Gasteiger partial charge in [0.1, 0.15) is 17.7 Å². The Morgan fingerprint density at radius 1 is 1.00 bits per heavy atom. The Bertz CT molecular complexity index is 1180. The number of benzene rings is 2. The lowest BCUT2D eigenvalue weighted by atomic mass is 9.97. The van der Waals surface area contributed by atoms with E-state index < -0.39 is 35.6 Å². The molecule has 38 heavy (non-hydrogen) atoms. The van der Waals surface area contributed by atoms with Crippen molar-refractivity contribution in [2.45, 2.75) is 86.4 Å². The van der Waals surface area contributed by atoms with Crippen LogP contribution in [0.15, 0.2) is 36.4 Å². The van der Waals surface area contributed by atoms with Crippen molar-refractivity contribution in [3.05, 3.63) is 64.2 Å². The van der Waals surface area contributed by atoms with Crippen LogP contribution in [0, 0.1) is 46.1 Å². The zero-order chi connectivity index (χ0) is 28.8. The molecule has 2 atom stereocenters. The molecule has 7 nitrogen and oxygen atoms in total. The number of para-hydroxylation sites is 1. The number of hydrogen-bond donors (Lipinski definition) is 2. The van der Waals surface area contributed by atoms with Crippen LogP contribution < -0.4 is 10.6 Å². The van der Waals surface area contributed by atoms with Gasteiger partial charge < -0.3 is 15.4 Å². The van der Waals surface area contributed by atoms with Gasteiger partial charge in [0.05, 0.1) is 0 Å². The Balaban J connectivity index is 2.55. The molecule has 0 fully saturated rings. The maximum atomic E-state index is 13.9. The Morgan fingerprint density at radius 2 is 1.55 bits per heavy atom. The molecule has 2 aromatic carbocycles. The van der Waals surface area contributed by atoms with E-state index in [1.54, 1.807) is 20.8 Å². The van der Waals surface area contributed by atoms with E-state index in [-0.39, 0.29) is 5.92 Å². The van der Waals surface area contributed by atoms with Gasteiger partial charge >= 0.3 is 6.09 Å². The summed E-state index contributed by atoms with van der Waals surface area (Å²) in [4.78, 5) is 41.5. The summed E-state index contributed by atoms with van der Waals surface area (Å²) in [6, 6.07) is 11.7. The van der Waals surface area contributed by atoms with E-state index in [0.717, 1.165) is 27.2 Å². The van der Waals surface area contributed by atoms with Crippen molar-refractivity contribution < 1.29 is 19.1 Å². The first kappa shape index (κ1) is 30.4. The van der Waals surface area contributed by atoms with Gasteiger partial charge in [0.2, 0.25) is 0 Å². The van der Waals surface area contributed by atoms with E-state index in [1.807, 2.05) is 77.9 Å². The number of anilines is 1. The van der Waals surface area contributed by atoms with Crippen molar-refractivity contribution in [2.24, 2.45) is 5.92 Å². The van der Waals surface area contributed by atoms with Crippen molar-refractivity contribution in [2.75, 3.05) is 5.32 Å². The second kappa shape index (κ2) is 12.6. The SMILES string of the molecule is C#CN(C(=O)C(CC(C)C)NC(=O)OC(C)(C)C)C(C(=O)Nc1c(C)cccc1C)c1cc(C)cc(C)c1. The second-order valence-corrected chi connectivity index (χ2v) is 11.2. The average molecular weight is 520 g/mol. The molecule has 3 amide bonds. The molecule has 0 aromatic heterocycles. The third-order valence-corrected chi connectivity index (χ3v) is 5.87. The fraction of sp³-hybridized carbons (Fsp3) is 0.452. The van der Waals surface area contributed by atoms with Gasteiger partial charge in [-0.1, -0.05) is 67.8 Å². The van der Waals surface area contributed by atoms with Crippen LogP contribution in [0.4, 0.5) is 10.5 Å². The molecule has 2 unspecified atom stereocenters. The van der Waals surface area contributed by atoms with Crippen LogP contribution in [-0.4, -0.2) is 34.5 Å². The summed E-state index contributed by atoms with van der Waals surface area (Å²) in [5.41, 5.74) is 4.15. The lowest BCUT2D eigenvalue weighted by Gasteiger charge is -2.31. The molecule has 7 heteroatoms. The summed E-state index contributed by atoms with van der Waals surface area (Å²) in [6.45, 7) is 16.8. The summed E-state index contributed by atoms with van der Waals surface area (Å²) in [5, 5.41) is 5.67. The van der Waals surface area contributed by atoms with Gasteiger partial charge in [-0.05, 0) is 77.5 Å². The number of nitrogens with one attached hydrogen (secondary N) is 2. The third kappa shape index (κ3) is 8.37. The fourth-order valence-electron chi connectivity index (χ4n) is 4.36. The highest BCUT2D eigenvalue weighted by molar-refractivity contribution is 6.00. The molecular weight excluding hydrogens is 478 g/mol. The van der Waals surface area contributed by atoms with Crippen molar-refractivity contribution in [3.63, 3.8) is 0 Å². The zero-order valence-corrected chi connectivity index (χ0v) is 24.1. The highest BCUT2D eigenvalue weighted by Crippen LogP contribution is 2.28. The first-order valence-electron chi connectivity index (χ1n) is 12.9. The molecule has 0 heterocycles. The molecule has 0 spiro atoms. The number of ether oxygens (including phenoxy) is 1. The molecule has 0 radical (unpaired) electrons. The standard InChI is InChI=1S/C31H41N3O4/c1-11-34(29(36)25(15-19(2)3)32-30(37)38-31(8,9)10)27(24-17-20(4)16-21(5)18-24)28(35)33-26-22(6)13-12-14-23(26)7/h1,12-14,16-19,25,27H,15H2,2-10H3,(H,32,37)(H,33,35). The van der Waals surface area contributed by atoms with Gasteiger partial charge in [0.25, 0.3) is 11.8 Å². The molecular formula is C31H41N3O4. The summed E-state index contributed by atoms with van der Waals surface area (Å²) in [6.07, 6.45) is 5.50. The molecule has 0 aliphatic rings. The highest BCUT2D eigenvalue weighted by atomic mass is 16.6. The van der Waals surface area contributed by atoms with Crippen LogP contribution >= 0.6 is 0 Å². The van der Waals surface area contributed by atoms with Gasteiger partial charge in [0, 0.05) is 11.7 Å². The smallest absolute Gasteiger partial charge is 0.408 e.